The van der Waals surface area contributed by atoms with Gasteiger partial charge in [0.1, 0.15) is 6.54 Å². The van der Waals surface area contributed by atoms with Crippen molar-refractivity contribution in [1.82, 2.24) is 15.2 Å². The number of anilines is 1. The van der Waals surface area contributed by atoms with E-state index in [-0.39, 0.29) is 37.2 Å². The first kappa shape index (κ1) is 24.5. The fourth-order valence-corrected chi connectivity index (χ4v) is 3.45. The Balaban J connectivity index is 1.89. The average molecular weight is 447 g/mol. The lowest BCUT2D eigenvalue weighted by molar-refractivity contribution is -0.120. The molecule has 0 saturated heterocycles. The first-order chi connectivity index (χ1) is 14.9. The first-order valence-corrected chi connectivity index (χ1v) is 11.1. The van der Waals surface area contributed by atoms with Crippen molar-refractivity contribution in [3.8, 4) is 0 Å². The maximum atomic E-state index is 12.7. The zero-order chi connectivity index (χ0) is 22.6. The molecule has 0 atom stereocenters. The minimum absolute atomic E-state index is 0.0944. The fourth-order valence-electron chi connectivity index (χ4n) is 2.72. The summed E-state index contributed by atoms with van der Waals surface area (Å²) < 4.78 is 5.07. The van der Waals surface area contributed by atoms with Crippen LogP contribution in [-0.2, 0) is 20.7 Å². The highest BCUT2D eigenvalue weighted by Gasteiger charge is 2.19. The first-order valence-electron chi connectivity index (χ1n) is 10.2. The predicted octanol–water partition coefficient (Wildman–Crippen LogP) is 2.58. The quantitative estimate of drug-likeness (QED) is 0.522. The van der Waals surface area contributed by atoms with Gasteiger partial charge in [-0.3, -0.25) is 14.4 Å². The summed E-state index contributed by atoms with van der Waals surface area (Å²) >= 11 is 1.25. The van der Waals surface area contributed by atoms with E-state index < -0.39 is 0 Å². The Labute approximate surface area is 187 Å². The van der Waals surface area contributed by atoms with Gasteiger partial charge in [0.05, 0.1) is 18.7 Å². The molecule has 168 valence electrons. The van der Waals surface area contributed by atoms with Crippen molar-refractivity contribution >= 4 is 34.2 Å². The topological polar surface area (TPSA) is 101 Å². The Kier molecular flexibility index (Phi) is 10.1. The summed E-state index contributed by atoms with van der Waals surface area (Å²) in [5.41, 5.74) is 1.10. The van der Waals surface area contributed by atoms with Gasteiger partial charge in [-0.2, -0.15) is 0 Å². The van der Waals surface area contributed by atoms with E-state index in [9.17, 15) is 14.4 Å². The van der Waals surface area contributed by atoms with Gasteiger partial charge in [0, 0.05) is 31.1 Å². The van der Waals surface area contributed by atoms with Crippen LogP contribution in [0.15, 0.2) is 35.7 Å². The van der Waals surface area contributed by atoms with Crippen LogP contribution in [0.1, 0.15) is 36.3 Å². The molecule has 1 aromatic heterocycles. The monoisotopic (exact) mass is 446 g/mol. The molecule has 2 rings (SSSR count). The van der Waals surface area contributed by atoms with Crippen LogP contribution in [0.2, 0.25) is 0 Å². The van der Waals surface area contributed by atoms with Gasteiger partial charge in [0.15, 0.2) is 5.13 Å². The van der Waals surface area contributed by atoms with Crippen molar-refractivity contribution in [3.63, 3.8) is 0 Å². The van der Waals surface area contributed by atoms with Crippen LogP contribution in [0.25, 0.3) is 0 Å². The number of aromatic nitrogens is 1. The number of benzene rings is 1. The SMILES string of the molecule is COCCN(CC(=O)Nc1nc(CC(=O)NCCC(C)C)cs1)C(=O)c1ccccc1. The zero-order valence-electron chi connectivity index (χ0n) is 18.2. The van der Waals surface area contributed by atoms with Crippen LogP contribution >= 0.6 is 11.3 Å². The van der Waals surface area contributed by atoms with E-state index in [1.807, 2.05) is 6.07 Å². The minimum atomic E-state index is -0.359. The molecule has 0 fully saturated rings. The van der Waals surface area contributed by atoms with Crippen molar-refractivity contribution in [3.05, 3.63) is 47.0 Å². The van der Waals surface area contributed by atoms with Crippen LogP contribution in [0.4, 0.5) is 5.13 Å². The summed E-state index contributed by atoms with van der Waals surface area (Å²) in [6, 6.07) is 8.79. The third-order valence-corrected chi connectivity index (χ3v) is 5.20. The number of thiazole rings is 1. The number of ether oxygens (including phenoxy) is 1. The van der Waals surface area contributed by atoms with E-state index in [4.69, 9.17) is 4.74 Å². The normalized spacial score (nSPS) is 10.7. The molecule has 0 spiro atoms. The van der Waals surface area contributed by atoms with Crippen LogP contribution in [-0.4, -0.2) is 61.0 Å². The molecule has 0 aliphatic rings. The summed E-state index contributed by atoms with van der Waals surface area (Å²) in [5, 5.41) is 7.72. The average Bonchev–Trinajstić information content (AvgIpc) is 3.17. The summed E-state index contributed by atoms with van der Waals surface area (Å²) in [5.74, 6) is -0.171. The standard InChI is InChI=1S/C22H30N4O4S/c1-16(2)9-10-23-19(27)13-18-15-31-22(24-18)25-20(28)14-26(11-12-30-3)21(29)17-7-5-4-6-8-17/h4-8,15-16H,9-14H2,1-3H3,(H,23,27)(H,24,25,28). The molecule has 1 heterocycles. The fraction of sp³-hybridized carbons (Fsp3) is 0.455. The van der Waals surface area contributed by atoms with Crippen LogP contribution in [0.3, 0.4) is 0 Å². The van der Waals surface area contributed by atoms with Crippen molar-refractivity contribution in [2.24, 2.45) is 5.92 Å². The molecule has 1 aromatic carbocycles. The number of nitrogens with one attached hydrogen (secondary N) is 2. The number of carbonyl (C=O) groups is 3. The predicted molar refractivity (Wildman–Crippen MR) is 121 cm³/mol. The lowest BCUT2D eigenvalue weighted by Gasteiger charge is -2.21. The maximum absolute atomic E-state index is 12.7. The van der Waals surface area contributed by atoms with Gasteiger partial charge in [-0.15, -0.1) is 11.3 Å². The Morgan fingerprint density at radius 3 is 2.58 bits per heavy atom. The Bertz CT molecular complexity index is 854. The van der Waals surface area contributed by atoms with Gasteiger partial charge < -0.3 is 20.3 Å². The second kappa shape index (κ2) is 12.8. The molecule has 0 bridgehead atoms. The summed E-state index contributed by atoms with van der Waals surface area (Å²) in [7, 11) is 1.54. The second-order valence-electron chi connectivity index (χ2n) is 7.49. The van der Waals surface area contributed by atoms with Crippen molar-refractivity contribution in [2.45, 2.75) is 26.7 Å². The number of carbonyl (C=O) groups excluding carboxylic acids is 3. The van der Waals surface area contributed by atoms with Gasteiger partial charge in [-0.1, -0.05) is 32.0 Å². The van der Waals surface area contributed by atoms with Crippen LogP contribution in [0, 0.1) is 5.92 Å². The molecule has 9 heteroatoms. The molecule has 2 N–H and O–H groups in total. The number of rotatable bonds is 12. The highest BCUT2D eigenvalue weighted by Crippen LogP contribution is 2.16. The van der Waals surface area contributed by atoms with E-state index in [0.717, 1.165) is 6.42 Å². The Morgan fingerprint density at radius 1 is 1.16 bits per heavy atom. The lowest BCUT2D eigenvalue weighted by atomic mass is 10.1. The van der Waals surface area contributed by atoms with Gasteiger partial charge >= 0.3 is 0 Å². The zero-order valence-corrected chi connectivity index (χ0v) is 19.0. The number of hydrogen-bond acceptors (Lipinski definition) is 6. The summed E-state index contributed by atoms with van der Waals surface area (Å²) in [6.07, 6.45) is 1.09. The molecule has 3 amide bonds. The second-order valence-corrected chi connectivity index (χ2v) is 8.35. The number of methoxy groups -OCH3 is 1. The Hall–Kier alpha value is -2.78. The molecule has 31 heavy (non-hydrogen) atoms. The molecular weight excluding hydrogens is 416 g/mol. The molecule has 2 aromatic rings. The highest BCUT2D eigenvalue weighted by atomic mass is 32.1. The van der Waals surface area contributed by atoms with E-state index in [1.54, 1.807) is 36.8 Å². The van der Waals surface area contributed by atoms with E-state index >= 15 is 0 Å². The molecule has 0 saturated carbocycles. The molecule has 8 nitrogen and oxygen atoms in total. The van der Waals surface area contributed by atoms with E-state index in [1.165, 1.54) is 16.2 Å². The van der Waals surface area contributed by atoms with Crippen molar-refractivity contribution < 1.29 is 19.1 Å². The minimum Gasteiger partial charge on any atom is -0.383 e. The smallest absolute Gasteiger partial charge is 0.254 e. The molecule has 0 aliphatic heterocycles. The van der Waals surface area contributed by atoms with E-state index in [0.29, 0.717) is 35.5 Å². The molecule has 0 unspecified atom stereocenters. The lowest BCUT2D eigenvalue weighted by Crippen LogP contribution is -2.40. The number of nitrogens with zero attached hydrogens (tertiary/aromatic N) is 2. The third kappa shape index (κ3) is 8.85. The van der Waals surface area contributed by atoms with Gasteiger partial charge in [0.25, 0.3) is 5.91 Å². The maximum Gasteiger partial charge on any atom is 0.254 e. The van der Waals surface area contributed by atoms with Gasteiger partial charge in [-0.25, -0.2) is 4.98 Å². The Morgan fingerprint density at radius 2 is 1.90 bits per heavy atom. The largest absolute Gasteiger partial charge is 0.383 e. The van der Waals surface area contributed by atoms with Crippen LogP contribution in [0.5, 0.6) is 0 Å². The number of hydrogen-bond donors (Lipinski definition) is 2. The van der Waals surface area contributed by atoms with Crippen molar-refractivity contribution in [1.29, 1.82) is 0 Å². The van der Waals surface area contributed by atoms with Crippen molar-refractivity contribution in [2.75, 3.05) is 38.7 Å². The summed E-state index contributed by atoms with van der Waals surface area (Å²) in [4.78, 5) is 43.0. The summed E-state index contributed by atoms with van der Waals surface area (Å²) in [6.45, 7) is 5.33. The van der Waals surface area contributed by atoms with E-state index in [2.05, 4.69) is 29.5 Å². The molecular formula is C22H30N4O4S. The molecule has 0 radical (unpaired) electrons. The van der Waals surface area contributed by atoms with Gasteiger partial charge in [-0.05, 0) is 24.5 Å². The van der Waals surface area contributed by atoms with Crippen LogP contribution < -0.4 is 10.6 Å². The van der Waals surface area contributed by atoms with Gasteiger partial charge in [0.2, 0.25) is 11.8 Å². The molecule has 0 aliphatic carbocycles. The number of amides is 3. The third-order valence-electron chi connectivity index (χ3n) is 4.39. The highest BCUT2D eigenvalue weighted by molar-refractivity contribution is 7.13.